The number of carbonyl (C=O) groups is 7. The summed E-state index contributed by atoms with van der Waals surface area (Å²) in [6, 6.07) is 1.64. The second-order valence-electron chi connectivity index (χ2n) is 16.1. The Labute approximate surface area is 318 Å². The van der Waals surface area contributed by atoms with Crippen LogP contribution >= 0.6 is 0 Å². The van der Waals surface area contributed by atoms with Gasteiger partial charge in [-0.1, -0.05) is 26.8 Å². The molecule has 4 fully saturated rings. The highest BCUT2D eigenvalue weighted by Gasteiger charge is 2.94. The van der Waals surface area contributed by atoms with Crippen LogP contribution in [0.25, 0.3) is 0 Å². The van der Waals surface area contributed by atoms with Gasteiger partial charge in [0.15, 0.2) is 17.8 Å². The molecule has 0 radical (unpaired) electrons. The maximum absolute atomic E-state index is 14.2. The van der Waals surface area contributed by atoms with Crippen LogP contribution in [-0.4, -0.2) is 78.4 Å². The first kappa shape index (κ1) is 39.7. The Morgan fingerprint density at radius 1 is 0.909 bits per heavy atom. The van der Waals surface area contributed by atoms with Crippen molar-refractivity contribution in [3.63, 3.8) is 0 Å². The van der Waals surface area contributed by atoms with Crippen LogP contribution in [0.4, 0.5) is 0 Å². The highest BCUT2D eigenvalue weighted by atomic mass is 16.7. The number of allylic oxidation sites excluding steroid dienone is 1. The Bertz CT molecular complexity index is 1910. The first-order chi connectivity index (χ1) is 25.7. The van der Waals surface area contributed by atoms with E-state index >= 15 is 0 Å². The number of furan rings is 1. The molecular weight excluding hydrogens is 720 g/mol. The summed E-state index contributed by atoms with van der Waals surface area (Å²) >= 11 is 0. The van der Waals surface area contributed by atoms with E-state index in [-0.39, 0.29) is 42.4 Å². The molecule has 4 aliphatic carbocycles. The Morgan fingerprint density at radius 2 is 1.56 bits per heavy atom. The molecular formula is C40H48O15. The van der Waals surface area contributed by atoms with Gasteiger partial charge in [-0.05, 0) is 55.7 Å². The zero-order valence-electron chi connectivity index (χ0n) is 32.7. The van der Waals surface area contributed by atoms with Crippen LogP contribution in [0.1, 0.15) is 99.7 Å². The predicted octanol–water partition coefficient (Wildman–Crippen LogP) is 4.56. The molecule has 5 aliphatic rings. The van der Waals surface area contributed by atoms with Gasteiger partial charge in [0, 0.05) is 67.9 Å². The van der Waals surface area contributed by atoms with Crippen molar-refractivity contribution in [1.82, 2.24) is 0 Å². The molecule has 0 amide bonds. The first-order valence-corrected chi connectivity index (χ1v) is 18.3. The van der Waals surface area contributed by atoms with Gasteiger partial charge in [-0.15, -0.1) is 0 Å². The molecule has 11 atom stereocenters. The molecule has 0 unspecified atom stereocenters. The molecule has 6 rings (SSSR count). The van der Waals surface area contributed by atoms with Crippen LogP contribution in [0.15, 0.2) is 45.8 Å². The normalized spacial score (nSPS) is 38.5. The average Bonchev–Trinajstić information content (AvgIpc) is 3.75. The average molecular weight is 769 g/mol. The van der Waals surface area contributed by atoms with E-state index in [4.69, 9.17) is 37.6 Å². The van der Waals surface area contributed by atoms with Crippen molar-refractivity contribution in [3.05, 3.63) is 47.0 Å². The van der Waals surface area contributed by atoms with Gasteiger partial charge in [-0.25, -0.2) is 9.59 Å². The number of cyclic esters (lactones) is 1. The van der Waals surface area contributed by atoms with E-state index < -0.39 is 105 Å². The van der Waals surface area contributed by atoms with Crippen molar-refractivity contribution >= 4 is 41.8 Å². The standard InChI is InChI=1S/C40H48O15/c1-11-19(2)33(46)53-35-37(8)18-39(54-22(5)43)38(9,26(37)16-27(45)48-10)25-12-14-36(7)29(28(25)32(51-21(4)42)40(35,39)55-23(6)44)30(50-20(3)41)34(47)52-31(36)24-13-15-49-17-24/h11,13,15,17,25-26,30-32,35H,12,14,16,18H2,1-10H3/b19-11+/t25-,26-,30+,31-,32-,35-,36+,37-,38+,39+,40+/m0/s1. The van der Waals surface area contributed by atoms with E-state index in [1.807, 2.05) is 13.8 Å². The van der Waals surface area contributed by atoms with Gasteiger partial charge < -0.3 is 37.6 Å². The highest BCUT2D eigenvalue weighted by Crippen LogP contribution is 2.83. The van der Waals surface area contributed by atoms with Gasteiger partial charge in [-0.2, -0.15) is 0 Å². The number of ether oxygens (including phenoxy) is 7. The summed E-state index contributed by atoms with van der Waals surface area (Å²) in [5, 5.41) is 0. The maximum Gasteiger partial charge on any atom is 0.352 e. The number of rotatable bonds is 9. The molecule has 15 heteroatoms. The van der Waals surface area contributed by atoms with Crippen LogP contribution in [0, 0.1) is 28.1 Å². The molecule has 0 N–H and O–H groups in total. The minimum Gasteiger partial charge on any atom is -0.472 e. The van der Waals surface area contributed by atoms with Crippen molar-refractivity contribution < 1.29 is 71.1 Å². The Balaban J connectivity index is 1.82. The van der Waals surface area contributed by atoms with Crippen LogP contribution in [0.2, 0.25) is 0 Å². The molecule has 298 valence electrons. The fraction of sp³-hybridized carbons (Fsp3) is 0.625. The molecule has 15 nitrogen and oxygen atoms in total. The molecule has 0 spiro atoms. The van der Waals surface area contributed by atoms with E-state index in [2.05, 4.69) is 0 Å². The van der Waals surface area contributed by atoms with Crippen molar-refractivity contribution in [2.24, 2.45) is 28.1 Å². The fourth-order valence-electron chi connectivity index (χ4n) is 11.4. The lowest BCUT2D eigenvalue weighted by Crippen LogP contribution is -2.82. The molecule has 3 saturated carbocycles. The summed E-state index contributed by atoms with van der Waals surface area (Å²) in [4.78, 5) is 94.9. The fourth-order valence-corrected chi connectivity index (χ4v) is 11.4. The third kappa shape index (κ3) is 5.38. The smallest absolute Gasteiger partial charge is 0.352 e. The quantitative estimate of drug-likeness (QED) is 0.147. The summed E-state index contributed by atoms with van der Waals surface area (Å²) in [5.41, 5.74) is -6.93. The molecule has 55 heavy (non-hydrogen) atoms. The second-order valence-corrected chi connectivity index (χ2v) is 16.1. The Morgan fingerprint density at radius 3 is 2.11 bits per heavy atom. The van der Waals surface area contributed by atoms with E-state index in [1.165, 1.54) is 39.6 Å². The Kier molecular flexibility index (Phi) is 9.66. The summed E-state index contributed by atoms with van der Waals surface area (Å²) in [6.07, 6.45) is -1.29. The lowest BCUT2D eigenvalue weighted by Gasteiger charge is -2.69. The van der Waals surface area contributed by atoms with Gasteiger partial charge in [0.1, 0.15) is 6.10 Å². The summed E-state index contributed by atoms with van der Waals surface area (Å²) in [7, 11) is 1.24. The summed E-state index contributed by atoms with van der Waals surface area (Å²) in [6.45, 7) is 13.2. The number of hydrogen-bond acceptors (Lipinski definition) is 15. The van der Waals surface area contributed by atoms with Crippen LogP contribution in [-0.2, 0) is 66.7 Å². The molecule has 2 heterocycles. The number of esters is 7. The lowest BCUT2D eigenvalue weighted by atomic mass is 9.40. The molecule has 1 saturated heterocycles. The van der Waals surface area contributed by atoms with Crippen LogP contribution < -0.4 is 0 Å². The minimum atomic E-state index is -2.32. The summed E-state index contributed by atoms with van der Waals surface area (Å²) in [5.74, 6) is -7.27. The molecule has 1 aromatic heterocycles. The third-order valence-corrected chi connectivity index (χ3v) is 13.2. The van der Waals surface area contributed by atoms with E-state index in [9.17, 15) is 33.6 Å². The predicted molar refractivity (Wildman–Crippen MR) is 186 cm³/mol. The topological polar surface area (TPSA) is 197 Å². The Hall–Kier alpha value is -4.95. The zero-order chi connectivity index (χ0) is 40.6. The molecule has 1 aromatic rings. The van der Waals surface area contributed by atoms with Crippen molar-refractivity contribution in [2.45, 2.75) is 124 Å². The van der Waals surface area contributed by atoms with Gasteiger partial charge in [0.2, 0.25) is 11.7 Å². The van der Waals surface area contributed by atoms with Gasteiger partial charge in [0.25, 0.3) is 0 Å². The highest BCUT2D eigenvalue weighted by molar-refractivity contribution is 5.88. The van der Waals surface area contributed by atoms with E-state index in [0.29, 0.717) is 5.56 Å². The third-order valence-electron chi connectivity index (χ3n) is 13.2. The SMILES string of the molecule is C/C=C(\C)C(=O)O[C@H]1[C@@]2(C)C[C@@]3(OC(C)=O)[C@](C)([C@H]4CC[C@]5(C)C(=C4[C@H](OC(C)=O)[C@@]13OC(C)=O)[C@@H](OC(C)=O)C(=O)O[C@H]5c1ccoc1)[C@H]2CC(=O)OC. The first-order valence-electron chi connectivity index (χ1n) is 18.3. The number of hydrogen-bond donors (Lipinski definition) is 0. The van der Waals surface area contributed by atoms with E-state index in [0.717, 1.165) is 20.8 Å². The van der Waals surface area contributed by atoms with Crippen LogP contribution in [0.5, 0.6) is 0 Å². The van der Waals surface area contributed by atoms with Crippen molar-refractivity contribution in [1.29, 1.82) is 0 Å². The second kappa shape index (κ2) is 13.4. The minimum absolute atomic E-state index is 0.0982. The van der Waals surface area contributed by atoms with Gasteiger partial charge in [0.05, 0.1) is 19.6 Å². The van der Waals surface area contributed by atoms with Crippen molar-refractivity contribution in [3.8, 4) is 0 Å². The molecule has 2 bridgehead atoms. The van der Waals surface area contributed by atoms with Crippen LogP contribution in [0.3, 0.4) is 0 Å². The molecule has 0 aromatic carbocycles. The lowest BCUT2D eigenvalue weighted by molar-refractivity contribution is -0.322. The van der Waals surface area contributed by atoms with Gasteiger partial charge >= 0.3 is 41.8 Å². The van der Waals surface area contributed by atoms with E-state index in [1.54, 1.807) is 19.9 Å². The molecule has 1 aliphatic heterocycles. The maximum atomic E-state index is 14.2. The monoisotopic (exact) mass is 768 g/mol. The zero-order valence-corrected chi connectivity index (χ0v) is 32.7. The van der Waals surface area contributed by atoms with Crippen molar-refractivity contribution in [2.75, 3.05) is 7.11 Å². The largest absolute Gasteiger partial charge is 0.472 e. The number of carbonyl (C=O) groups excluding carboxylic acids is 7. The van der Waals surface area contributed by atoms with Gasteiger partial charge in [-0.3, -0.25) is 24.0 Å². The number of fused-ring (bicyclic) bond motifs is 4. The number of methoxy groups -OCH3 is 1. The summed E-state index contributed by atoms with van der Waals surface area (Å²) < 4.78 is 48.1.